The largest absolute Gasteiger partial charge is 0.478 e. The minimum Gasteiger partial charge on any atom is -0.478 e. The lowest BCUT2D eigenvalue weighted by molar-refractivity contribution is -0.168. The minimum absolute atomic E-state index is 0.0677. The van der Waals surface area contributed by atoms with Crippen molar-refractivity contribution in [2.75, 3.05) is 6.61 Å². The number of esters is 1. The molecule has 3 aliphatic rings. The number of carboxylic acids is 1. The number of aromatic carboxylic acids is 1. The summed E-state index contributed by atoms with van der Waals surface area (Å²) in [5.41, 5.74) is 1.04. The number of benzene rings is 1. The second-order valence-corrected chi connectivity index (χ2v) is 10.00. The third-order valence-electron chi connectivity index (χ3n) is 7.52. The molecule has 2 saturated carbocycles. The predicted octanol–water partition coefficient (Wildman–Crippen LogP) is 6.11. The summed E-state index contributed by atoms with van der Waals surface area (Å²) in [4.78, 5) is 25.0. The van der Waals surface area contributed by atoms with Crippen LogP contribution in [0.3, 0.4) is 0 Å². The van der Waals surface area contributed by atoms with Gasteiger partial charge in [-0.25, -0.2) is 9.59 Å². The summed E-state index contributed by atoms with van der Waals surface area (Å²) < 4.78 is 17.7. The van der Waals surface area contributed by atoms with Crippen LogP contribution in [-0.4, -0.2) is 36.0 Å². The number of rotatable bonds is 8. The van der Waals surface area contributed by atoms with E-state index in [0.717, 1.165) is 44.9 Å². The van der Waals surface area contributed by atoms with Gasteiger partial charge in [-0.2, -0.15) is 0 Å². The van der Waals surface area contributed by atoms with Gasteiger partial charge in [0.15, 0.2) is 6.29 Å². The molecule has 6 nitrogen and oxygen atoms in total. The van der Waals surface area contributed by atoms with Gasteiger partial charge in [-0.1, -0.05) is 38.5 Å². The van der Waals surface area contributed by atoms with Crippen LogP contribution in [-0.2, 0) is 20.8 Å². The molecule has 1 aromatic carbocycles. The van der Waals surface area contributed by atoms with Gasteiger partial charge in [-0.3, -0.25) is 0 Å². The molecule has 1 aliphatic heterocycles. The van der Waals surface area contributed by atoms with E-state index < -0.39 is 11.9 Å². The summed E-state index contributed by atoms with van der Waals surface area (Å²) in [7, 11) is 0. The molecule has 0 amide bonds. The van der Waals surface area contributed by atoms with Crippen LogP contribution in [0, 0.1) is 11.8 Å². The Balaban J connectivity index is 1.49. The first-order valence-corrected chi connectivity index (χ1v) is 12.9. The maximum atomic E-state index is 13.3. The Morgan fingerprint density at radius 3 is 2.03 bits per heavy atom. The third kappa shape index (κ3) is 6.80. The fourth-order valence-electron chi connectivity index (χ4n) is 5.74. The lowest BCUT2D eigenvalue weighted by Crippen LogP contribution is -2.36. The van der Waals surface area contributed by atoms with Crippen molar-refractivity contribution in [3.05, 3.63) is 34.9 Å². The van der Waals surface area contributed by atoms with Crippen molar-refractivity contribution in [2.45, 2.75) is 102 Å². The maximum absolute atomic E-state index is 13.3. The molecule has 1 aromatic rings. The number of hydrogen-bond donors (Lipinski definition) is 1. The van der Waals surface area contributed by atoms with Gasteiger partial charge in [0.05, 0.1) is 17.7 Å². The Morgan fingerprint density at radius 1 is 0.848 bits per heavy atom. The number of carbonyl (C=O) groups excluding carboxylic acids is 1. The minimum atomic E-state index is -1.06. The Bertz CT molecular complexity index is 770. The van der Waals surface area contributed by atoms with Crippen molar-refractivity contribution in [2.24, 2.45) is 11.8 Å². The van der Waals surface area contributed by atoms with Gasteiger partial charge in [0.2, 0.25) is 0 Å². The normalized spacial score (nSPS) is 22.9. The summed E-state index contributed by atoms with van der Waals surface area (Å²) in [6.07, 6.45) is 14.4. The average molecular weight is 459 g/mol. The van der Waals surface area contributed by atoms with Crippen molar-refractivity contribution in [3.63, 3.8) is 0 Å². The van der Waals surface area contributed by atoms with E-state index in [1.54, 1.807) is 12.1 Å². The fourth-order valence-corrected chi connectivity index (χ4v) is 5.74. The van der Waals surface area contributed by atoms with Crippen molar-refractivity contribution < 1.29 is 28.9 Å². The summed E-state index contributed by atoms with van der Waals surface area (Å²) in [6, 6.07) is 4.72. The van der Waals surface area contributed by atoms with Crippen LogP contribution in [0.5, 0.6) is 0 Å². The highest BCUT2D eigenvalue weighted by molar-refractivity contribution is 5.95. The SMILES string of the molecule is O=C(O)c1cc(COC2CCCCO2)cc(C(=O)OC(C2CCCCC2)C2CCCCC2)c1. The second-order valence-electron chi connectivity index (χ2n) is 10.00. The van der Waals surface area contributed by atoms with E-state index in [4.69, 9.17) is 14.2 Å². The van der Waals surface area contributed by atoms with E-state index in [1.165, 1.54) is 44.6 Å². The van der Waals surface area contributed by atoms with E-state index in [0.29, 0.717) is 29.6 Å². The Morgan fingerprint density at radius 2 is 1.45 bits per heavy atom. The summed E-state index contributed by atoms with van der Waals surface area (Å²) in [5.74, 6) is -0.634. The van der Waals surface area contributed by atoms with Crippen LogP contribution in [0.2, 0.25) is 0 Å². The van der Waals surface area contributed by atoms with E-state index in [9.17, 15) is 14.7 Å². The molecule has 0 spiro atoms. The molecule has 1 N–H and O–H groups in total. The molecular formula is C27H38O6. The maximum Gasteiger partial charge on any atom is 0.338 e. The monoisotopic (exact) mass is 458 g/mol. The molecular weight excluding hydrogens is 420 g/mol. The molecule has 6 heteroatoms. The molecule has 1 heterocycles. The molecule has 1 atom stereocenters. The second kappa shape index (κ2) is 12.0. The molecule has 1 unspecified atom stereocenters. The van der Waals surface area contributed by atoms with Crippen LogP contribution < -0.4 is 0 Å². The van der Waals surface area contributed by atoms with Crippen LogP contribution in [0.15, 0.2) is 18.2 Å². The first kappa shape index (κ1) is 24.2. The van der Waals surface area contributed by atoms with Crippen LogP contribution in [0.1, 0.15) is 110 Å². The van der Waals surface area contributed by atoms with Crippen molar-refractivity contribution in [1.82, 2.24) is 0 Å². The number of ether oxygens (including phenoxy) is 3. The van der Waals surface area contributed by atoms with Gasteiger partial charge < -0.3 is 19.3 Å². The van der Waals surface area contributed by atoms with Crippen LogP contribution >= 0.6 is 0 Å². The lowest BCUT2D eigenvalue weighted by atomic mass is 9.75. The van der Waals surface area contributed by atoms with Crippen molar-refractivity contribution in [1.29, 1.82) is 0 Å². The Kier molecular flexibility index (Phi) is 8.79. The first-order chi connectivity index (χ1) is 16.1. The van der Waals surface area contributed by atoms with Crippen LogP contribution in [0.4, 0.5) is 0 Å². The quantitative estimate of drug-likeness (QED) is 0.473. The highest BCUT2D eigenvalue weighted by atomic mass is 16.7. The van der Waals surface area contributed by atoms with Gasteiger partial charge in [0, 0.05) is 6.61 Å². The van der Waals surface area contributed by atoms with E-state index in [1.807, 2.05) is 0 Å². The number of carboxylic acid groups (broad SMARTS) is 1. The Labute approximate surface area is 197 Å². The standard InChI is InChI=1S/C27H38O6/c28-26(29)22-15-19(18-32-24-13-7-8-14-31-24)16-23(17-22)27(30)33-25(20-9-3-1-4-10-20)21-11-5-2-6-12-21/h15-17,20-21,24-25H,1-14,18H2,(H,28,29). The van der Waals surface area contributed by atoms with Gasteiger partial charge in [0.1, 0.15) is 6.10 Å². The summed E-state index contributed by atoms with van der Waals surface area (Å²) >= 11 is 0. The molecule has 182 valence electrons. The molecule has 4 rings (SSSR count). The van der Waals surface area contributed by atoms with Crippen molar-refractivity contribution in [3.8, 4) is 0 Å². The molecule has 33 heavy (non-hydrogen) atoms. The zero-order chi connectivity index (χ0) is 23.0. The van der Waals surface area contributed by atoms with Gasteiger partial charge in [-0.05, 0) is 80.5 Å². The molecule has 0 aromatic heterocycles. The first-order valence-electron chi connectivity index (χ1n) is 12.9. The van der Waals surface area contributed by atoms with E-state index in [2.05, 4.69) is 0 Å². The highest BCUT2D eigenvalue weighted by Gasteiger charge is 2.34. The summed E-state index contributed by atoms with van der Waals surface area (Å²) in [6.45, 7) is 0.891. The summed E-state index contributed by atoms with van der Waals surface area (Å²) in [5, 5.41) is 9.60. The van der Waals surface area contributed by atoms with Crippen molar-refractivity contribution >= 4 is 11.9 Å². The number of carbonyl (C=O) groups is 2. The van der Waals surface area contributed by atoms with E-state index >= 15 is 0 Å². The molecule has 0 bridgehead atoms. The fraction of sp³-hybridized carbons (Fsp3) is 0.704. The zero-order valence-electron chi connectivity index (χ0n) is 19.6. The highest BCUT2D eigenvalue weighted by Crippen LogP contribution is 2.38. The smallest absolute Gasteiger partial charge is 0.338 e. The molecule has 3 fully saturated rings. The number of hydrogen-bond acceptors (Lipinski definition) is 5. The van der Waals surface area contributed by atoms with Gasteiger partial charge in [0.25, 0.3) is 0 Å². The van der Waals surface area contributed by atoms with Gasteiger partial charge >= 0.3 is 11.9 Å². The predicted molar refractivity (Wildman–Crippen MR) is 124 cm³/mol. The third-order valence-corrected chi connectivity index (χ3v) is 7.52. The Hall–Kier alpha value is -1.92. The molecule has 0 radical (unpaired) electrons. The van der Waals surface area contributed by atoms with Gasteiger partial charge in [-0.15, -0.1) is 0 Å². The van der Waals surface area contributed by atoms with E-state index in [-0.39, 0.29) is 24.6 Å². The molecule has 2 aliphatic carbocycles. The topological polar surface area (TPSA) is 82.1 Å². The van der Waals surface area contributed by atoms with Crippen LogP contribution in [0.25, 0.3) is 0 Å². The lowest BCUT2D eigenvalue weighted by Gasteiger charge is -2.37. The average Bonchev–Trinajstić information content (AvgIpc) is 2.87. The zero-order valence-corrected chi connectivity index (χ0v) is 19.6. The molecule has 1 saturated heterocycles.